The first-order valence-corrected chi connectivity index (χ1v) is 7.14. The van der Waals surface area contributed by atoms with Crippen LogP contribution >= 0.6 is 0 Å². The number of hydrogen-bond donors (Lipinski definition) is 2. The van der Waals surface area contributed by atoms with E-state index in [9.17, 15) is 0 Å². The second-order valence-electron chi connectivity index (χ2n) is 3.56. The van der Waals surface area contributed by atoms with Gasteiger partial charge in [-0.2, -0.15) is 0 Å². The second-order valence-corrected chi connectivity index (χ2v) is 5.77. The number of nitrogens with two attached hydrogens (primary N) is 2. The minimum absolute atomic E-state index is 0.462. The summed E-state index contributed by atoms with van der Waals surface area (Å²) in [6, 6.07) is 16.4. The first-order valence-electron chi connectivity index (χ1n) is 5.07. The fourth-order valence-corrected chi connectivity index (χ4v) is 3.21. The molecule has 0 saturated heterocycles. The SMILES string of the molecule is Nc1ccc(C[Se]c2ccccc2)cc1N. The van der Waals surface area contributed by atoms with Crippen molar-refractivity contribution in [2.45, 2.75) is 5.32 Å². The van der Waals surface area contributed by atoms with Crippen LogP contribution in [0.1, 0.15) is 5.56 Å². The Hall–Kier alpha value is -1.44. The normalized spacial score (nSPS) is 10.2. The van der Waals surface area contributed by atoms with E-state index in [1.807, 2.05) is 18.2 Å². The van der Waals surface area contributed by atoms with Gasteiger partial charge in [-0.25, -0.2) is 0 Å². The van der Waals surface area contributed by atoms with Gasteiger partial charge in [0.15, 0.2) is 0 Å². The monoisotopic (exact) mass is 278 g/mol. The molecule has 2 nitrogen and oxygen atoms in total. The summed E-state index contributed by atoms with van der Waals surface area (Å²) in [6.45, 7) is 0. The molecule has 0 unspecified atom stereocenters. The van der Waals surface area contributed by atoms with Gasteiger partial charge in [0, 0.05) is 0 Å². The Morgan fingerprint density at radius 1 is 0.875 bits per heavy atom. The molecule has 4 N–H and O–H groups in total. The van der Waals surface area contributed by atoms with Crippen LogP contribution in [0.4, 0.5) is 11.4 Å². The van der Waals surface area contributed by atoms with E-state index in [1.54, 1.807) is 0 Å². The van der Waals surface area contributed by atoms with Gasteiger partial charge in [-0.3, -0.25) is 0 Å². The topological polar surface area (TPSA) is 52.0 Å². The first kappa shape index (κ1) is 11.1. The van der Waals surface area contributed by atoms with E-state index < -0.39 is 0 Å². The quantitative estimate of drug-likeness (QED) is 0.658. The molecule has 0 bridgehead atoms. The van der Waals surface area contributed by atoms with Gasteiger partial charge in [0.25, 0.3) is 0 Å². The van der Waals surface area contributed by atoms with Gasteiger partial charge in [0.1, 0.15) is 0 Å². The Bertz CT molecular complexity index is 469. The Labute approximate surface area is 102 Å². The van der Waals surface area contributed by atoms with Crippen molar-refractivity contribution in [1.82, 2.24) is 0 Å². The van der Waals surface area contributed by atoms with E-state index >= 15 is 0 Å². The zero-order valence-electron chi connectivity index (χ0n) is 8.89. The average molecular weight is 277 g/mol. The van der Waals surface area contributed by atoms with Crippen LogP contribution < -0.4 is 15.9 Å². The number of anilines is 2. The van der Waals surface area contributed by atoms with Gasteiger partial charge in [-0.05, 0) is 0 Å². The van der Waals surface area contributed by atoms with Crippen molar-refractivity contribution in [3.05, 3.63) is 54.1 Å². The standard InChI is InChI=1S/C13H14N2Se/c14-12-7-6-10(8-13(12)15)9-16-11-4-2-1-3-5-11/h1-8H,9,14-15H2. The van der Waals surface area contributed by atoms with E-state index in [1.165, 1.54) is 10.0 Å². The molecule has 0 spiro atoms. The molecule has 0 aliphatic rings. The molecule has 0 fully saturated rings. The van der Waals surface area contributed by atoms with Gasteiger partial charge in [0.2, 0.25) is 0 Å². The zero-order chi connectivity index (χ0) is 11.4. The van der Waals surface area contributed by atoms with Crippen LogP contribution in [-0.4, -0.2) is 15.0 Å². The summed E-state index contributed by atoms with van der Waals surface area (Å²) in [6.07, 6.45) is 0. The predicted molar refractivity (Wildman–Crippen MR) is 70.8 cm³/mol. The fourth-order valence-electron chi connectivity index (χ4n) is 1.40. The Kier molecular flexibility index (Phi) is 3.50. The van der Waals surface area contributed by atoms with E-state index in [4.69, 9.17) is 11.5 Å². The third-order valence-electron chi connectivity index (χ3n) is 2.30. The molecule has 82 valence electrons. The number of hydrogen-bond acceptors (Lipinski definition) is 2. The summed E-state index contributed by atoms with van der Waals surface area (Å²) in [5, 5.41) is 1.06. The van der Waals surface area contributed by atoms with Crippen molar-refractivity contribution in [3.8, 4) is 0 Å². The first-order chi connectivity index (χ1) is 7.75. The minimum atomic E-state index is 0.462. The van der Waals surface area contributed by atoms with E-state index in [0.29, 0.717) is 26.3 Å². The van der Waals surface area contributed by atoms with E-state index in [-0.39, 0.29) is 0 Å². The summed E-state index contributed by atoms with van der Waals surface area (Å²) < 4.78 is 1.41. The molecule has 0 radical (unpaired) electrons. The molecule has 2 rings (SSSR count). The summed E-state index contributed by atoms with van der Waals surface area (Å²) in [4.78, 5) is 0. The van der Waals surface area contributed by atoms with Crippen LogP contribution in [-0.2, 0) is 5.32 Å². The van der Waals surface area contributed by atoms with Crippen LogP contribution in [0.15, 0.2) is 48.5 Å². The third kappa shape index (κ3) is 2.78. The summed E-state index contributed by atoms with van der Waals surface area (Å²) in [5.74, 6) is 0. The van der Waals surface area contributed by atoms with Gasteiger partial charge in [-0.15, -0.1) is 0 Å². The number of nitrogen functional groups attached to an aromatic ring is 2. The molecule has 0 saturated carbocycles. The summed E-state index contributed by atoms with van der Waals surface area (Å²) in [7, 11) is 0. The van der Waals surface area contributed by atoms with Crippen molar-refractivity contribution in [3.63, 3.8) is 0 Å². The maximum absolute atomic E-state index is 5.77. The summed E-state index contributed by atoms with van der Waals surface area (Å²) >= 11 is 0.462. The summed E-state index contributed by atoms with van der Waals surface area (Å²) in [5.41, 5.74) is 14.1. The van der Waals surface area contributed by atoms with Crippen LogP contribution in [0.3, 0.4) is 0 Å². The predicted octanol–water partition coefficient (Wildman–Crippen LogP) is 1.38. The van der Waals surface area contributed by atoms with Gasteiger partial charge < -0.3 is 0 Å². The number of benzene rings is 2. The van der Waals surface area contributed by atoms with Crippen LogP contribution in [0, 0.1) is 0 Å². The molecule has 0 atom stereocenters. The molecule has 3 heteroatoms. The molecule has 0 aliphatic carbocycles. The fraction of sp³-hybridized carbons (Fsp3) is 0.0769. The van der Waals surface area contributed by atoms with Crippen LogP contribution in [0.5, 0.6) is 0 Å². The van der Waals surface area contributed by atoms with Gasteiger partial charge in [0.05, 0.1) is 0 Å². The molecular weight excluding hydrogens is 263 g/mol. The van der Waals surface area contributed by atoms with Crippen molar-refractivity contribution in [1.29, 1.82) is 0 Å². The van der Waals surface area contributed by atoms with Crippen LogP contribution in [0.2, 0.25) is 0 Å². The molecule has 0 heterocycles. The van der Waals surface area contributed by atoms with Crippen molar-refractivity contribution < 1.29 is 0 Å². The molecule has 2 aromatic rings. The van der Waals surface area contributed by atoms with Crippen molar-refractivity contribution >= 4 is 30.8 Å². The van der Waals surface area contributed by atoms with Crippen molar-refractivity contribution in [2.75, 3.05) is 11.5 Å². The average Bonchev–Trinajstić information content (AvgIpc) is 2.32. The Morgan fingerprint density at radius 2 is 1.62 bits per heavy atom. The third-order valence-corrected chi connectivity index (χ3v) is 4.57. The molecule has 0 amide bonds. The molecule has 2 aromatic carbocycles. The molecule has 0 aliphatic heterocycles. The Morgan fingerprint density at radius 3 is 2.31 bits per heavy atom. The molecule has 16 heavy (non-hydrogen) atoms. The van der Waals surface area contributed by atoms with Gasteiger partial charge >= 0.3 is 102 Å². The van der Waals surface area contributed by atoms with E-state index in [0.717, 1.165) is 5.32 Å². The number of rotatable bonds is 3. The van der Waals surface area contributed by atoms with Crippen LogP contribution in [0.25, 0.3) is 0 Å². The maximum atomic E-state index is 5.77. The molecule has 0 aromatic heterocycles. The van der Waals surface area contributed by atoms with Crippen molar-refractivity contribution in [2.24, 2.45) is 0 Å². The Balaban J connectivity index is 2.03. The second kappa shape index (κ2) is 5.06. The van der Waals surface area contributed by atoms with Gasteiger partial charge in [-0.1, -0.05) is 0 Å². The molecular formula is C13H14N2Se. The zero-order valence-corrected chi connectivity index (χ0v) is 10.6. The van der Waals surface area contributed by atoms with E-state index in [2.05, 4.69) is 30.3 Å².